The number of aromatic amines is 1. The lowest BCUT2D eigenvalue weighted by molar-refractivity contribution is -0.120. The molecule has 1 atom stereocenters. The number of nitrogens with zero attached hydrogens (tertiary/aromatic N) is 2. The number of rotatable bonds is 7. The molecule has 1 unspecified atom stereocenters. The molecule has 0 aliphatic rings. The van der Waals surface area contributed by atoms with E-state index in [4.69, 9.17) is 9.15 Å². The van der Waals surface area contributed by atoms with E-state index in [1.54, 1.807) is 20.2 Å². The Bertz CT molecular complexity index is 815. The standard InChI is InChI=1S/C17H18N4O3S/c1-11(15(22)19-10-12-5-7-13(23-2)8-6-12)25-17-21-20-16(24-17)14-4-3-9-18-14/h3-9,11,18H,10H2,1-2H3,(H,19,22). The number of nitrogens with one attached hydrogen (secondary N) is 2. The second kappa shape index (κ2) is 7.89. The molecule has 2 heterocycles. The van der Waals surface area contributed by atoms with Gasteiger partial charge >= 0.3 is 0 Å². The van der Waals surface area contributed by atoms with Crippen molar-refractivity contribution in [2.75, 3.05) is 7.11 Å². The van der Waals surface area contributed by atoms with E-state index < -0.39 is 0 Å². The van der Waals surface area contributed by atoms with Gasteiger partial charge in [0.2, 0.25) is 5.91 Å². The van der Waals surface area contributed by atoms with Crippen molar-refractivity contribution in [2.24, 2.45) is 0 Å². The molecular weight excluding hydrogens is 340 g/mol. The van der Waals surface area contributed by atoms with Gasteiger partial charge in [0, 0.05) is 12.7 Å². The quantitative estimate of drug-likeness (QED) is 0.631. The molecule has 2 aromatic heterocycles. The Morgan fingerprint density at radius 3 is 2.80 bits per heavy atom. The molecule has 0 fully saturated rings. The van der Waals surface area contributed by atoms with Crippen LogP contribution in [0.4, 0.5) is 0 Å². The van der Waals surface area contributed by atoms with Crippen LogP contribution in [-0.2, 0) is 11.3 Å². The number of ether oxygens (including phenoxy) is 1. The number of carbonyl (C=O) groups is 1. The lowest BCUT2D eigenvalue weighted by Gasteiger charge is -2.10. The van der Waals surface area contributed by atoms with Crippen molar-refractivity contribution in [3.63, 3.8) is 0 Å². The van der Waals surface area contributed by atoms with E-state index in [9.17, 15) is 4.79 Å². The van der Waals surface area contributed by atoms with Crippen molar-refractivity contribution >= 4 is 17.7 Å². The predicted molar refractivity (Wildman–Crippen MR) is 94.2 cm³/mol. The van der Waals surface area contributed by atoms with Crippen LogP contribution >= 0.6 is 11.8 Å². The normalized spacial score (nSPS) is 11.9. The van der Waals surface area contributed by atoms with Gasteiger partial charge in [0.1, 0.15) is 11.4 Å². The maximum Gasteiger partial charge on any atom is 0.277 e. The Hall–Kier alpha value is -2.74. The summed E-state index contributed by atoms with van der Waals surface area (Å²) >= 11 is 1.22. The fraction of sp³-hybridized carbons (Fsp3) is 0.235. The lowest BCUT2D eigenvalue weighted by Crippen LogP contribution is -2.30. The topological polar surface area (TPSA) is 93.0 Å². The van der Waals surface area contributed by atoms with Crippen LogP contribution in [0.1, 0.15) is 12.5 Å². The molecule has 25 heavy (non-hydrogen) atoms. The fourth-order valence-electron chi connectivity index (χ4n) is 2.11. The van der Waals surface area contributed by atoms with Gasteiger partial charge in [0.25, 0.3) is 11.1 Å². The molecule has 8 heteroatoms. The first-order valence-electron chi connectivity index (χ1n) is 7.70. The minimum absolute atomic E-state index is 0.0968. The Morgan fingerprint density at radius 2 is 2.12 bits per heavy atom. The minimum atomic E-state index is -0.352. The third-order valence-electron chi connectivity index (χ3n) is 3.51. The third-order valence-corrected chi connectivity index (χ3v) is 4.44. The van der Waals surface area contributed by atoms with Crippen LogP contribution in [0.2, 0.25) is 0 Å². The first-order valence-corrected chi connectivity index (χ1v) is 8.58. The molecule has 0 aliphatic carbocycles. The van der Waals surface area contributed by atoms with Gasteiger partial charge in [-0.05, 0) is 36.8 Å². The molecule has 7 nitrogen and oxygen atoms in total. The van der Waals surface area contributed by atoms with E-state index in [0.29, 0.717) is 17.7 Å². The summed E-state index contributed by atoms with van der Waals surface area (Å²) in [5.41, 5.74) is 1.74. The van der Waals surface area contributed by atoms with Gasteiger partial charge in [-0.15, -0.1) is 10.2 Å². The highest BCUT2D eigenvalue weighted by molar-refractivity contribution is 8.00. The second-order valence-electron chi connectivity index (χ2n) is 5.28. The highest BCUT2D eigenvalue weighted by Gasteiger charge is 2.18. The first kappa shape index (κ1) is 17.1. The molecule has 0 saturated carbocycles. The molecule has 3 rings (SSSR count). The molecule has 1 amide bonds. The fourth-order valence-corrected chi connectivity index (χ4v) is 2.82. The first-order chi connectivity index (χ1) is 12.2. The van der Waals surface area contributed by atoms with Gasteiger partial charge in [0.15, 0.2) is 0 Å². The largest absolute Gasteiger partial charge is 0.497 e. The van der Waals surface area contributed by atoms with E-state index in [0.717, 1.165) is 17.0 Å². The van der Waals surface area contributed by atoms with Gasteiger partial charge in [-0.3, -0.25) is 4.79 Å². The van der Waals surface area contributed by atoms with E-state index in [1.165, 1.54) is 11.8 Å². The van der Waals surface area contributed by atoms with Crippen molar-refractivity contribution in [3.8, 4) is 17.3 Å². The molecule has 1 aromatic carbocycles. The average molecular weight is 358 g/mol. The maximum atomic E-state index is 12.2. The van der Waals surface area contributed by atoms with E-state index >= 15 is 0 Å². The summed E-state index contributed by atoms with van der Waals surface area (Å²) < 4.78 is 10.7. The van der Waals surface area contributed by atoms with Crippen LogP contribution in [0.25, 0.3) is 11.6 Å². The van der Waals surface area contributed by atoms with Crippen molar-refractivity contribution in [3.05, 3.63) is 48.2 Å². The van der Waals surface area contributed by atoms with Gasteiger partial charge in [0.05, 0.1) is 12.4 Å². The van der Waals surface area contributed by atoms with Crippen LogP contribution in [-0.4, -0.2) is 33.4 Å². The minimum Gasteiger partial charge on any atom is -0.497 e. The molecule has 0 spiro atoms. The predicted octanol–water partition coefficient (Wildman–Crippen LogP) is 2.87. The number of benzene rings is 1. The van der Waals surface area contributed by atoms with Crippen molar-refractivity contribution < 1.29 is 13.9 Å². The van der Waals surface area contributed by atoms with E-state index in [-0.39, 0.29) is 11.2 Å². The summed E-state index contributed by atoms with van der Waals surface area (Å²) in [6.45, 7) is 2.25. The molecule has 2 N–H and O–H groups in total. The van der Waals surface area contributed by atoms with Crippen LogP contribution in [0.3, 0.4) is 0 Å². The highest BCUT2D eigenvalue weighted by Crippen LogP contribution is 2.25. The highest BCUT2D eigenvalue weighted by atomic mass is 32.2. The summed E-state index contributed by atoms with van der Waals surface area (Å²) in [4.78, 5) is 15.2. The summed E-state index contributed by atoms with van der Waals surface area (Å²) in [5, 5.41) is 10.8. The SMILES string of the molecule is COc1ccc(CNC(=O)C(C)Sc2nnc(-c3ccc[nH]3)o2)cc1. The van der Waals surface area contributed by atoms with Crippen molar-refractivity contribution in [2.45, 2.75) is 23.9 Å². The van der Waals surface area contributed by atoms with Crippen LogP contribution in [0, 0.1) is 0 Å². The van der Waals surface area contributed by atoms with E-state index in [2.05, 4.69) is 20.5 Å². The molecular formula is C17H18N4O3S. The molecule has 0 aliphatic heterocycles. The third kappa shape index (κ3) is 4.42. The Balaban J connectivity index is 1.52. The number of amides is 1. The smallest absolute Gasteiger partial charge is 0.277 e. The zero-order valence-electron chi connectivity index (χ0n) is 13.9. The average Bonchev–Trinajstić information content (AvgIpc) is 3.31. The lowest BCUT2D eigenvalue weighted by atomic mass is 10.2. The molecule has 0 bridgehead atoms. The van der Waals surface area contributed by atoms with Crippen molar-refractivity contribution in [1.82, 2.24) is 20.5 Å². The monoisotopic (exact) mass is 358 g/mol. The maximum absolute atomic E-state index is 12.2. The molecule has 3 aromatic rings. The van der Waals surface area contributed by atoms with E-state index in [1.807, 2.05) is 36.4 Å². The number of aromatic nitrogens is 3. The summed E-state index contributed by atoms with van der Waals surface area (Å²) in [6, 6.07) is 11.2. The van der Waals surface area contributed by atoms with Crippen LogP contribution < -0.4 is 10.1 Å². The number of hydrogen-bond acceptors (Lipinski definition) is 6. The number of carbonyl (C=O) groups excluding carboxylic acids is 1. The zero-order valence-corrected chi connectivity index (χ0v) is 14.7. The van der Waals surface area contributed by atoms with Crippen LogP contribution in [0.15, 0.2) is 52.2 Å². The van der Waals surface area contributed by atoms with Gasteiger partial charge in [-0.2, -0.15) is 0 Å². The molecule has 0 radical (unpaired) electrons. The van der Waals surface area contributed by atoms with Crippen molar-refractivity contribution in [1.29, 1.82) is 0 Å². The van der Waals surface area contributed by atoms with Gasteiger partial charge in [-0.25, -0.2) is 0 Å². The Labute approximate surface area is 149 Å². The zero-order chi connectivity index (χ0) is 17.6. The number of methoxy groups -OCH3 is 1. The Kier molecular flexibility index (Phi) is 5.39. The second-order valence-corrected chi connectivity index (χ2v) is 6.57. The number of H-pyrrole nitrogens is 1. The van der Waals surface area contributed by atoms with Gasteiger partial charge < -0.3 is 19.5 Å². The number of hydrogen-bond donors (Lipinski definition) is 2. The summed E-state index contributed by atoms with van der Waals surface area (Å²) in [6.07, 6.45) is 1.78. The van der Waals surface area contributed by atoms with Crippen LogP contribution in [0.5, 0.6) is 5.75 Å². The summed E-state index contributed by atoms with van der Waals surface area (Å²) in [7, 11) is 1.62. The number of thioether (sulfide) groups is 1. The summed E-state index contributed by atoms with van der Waals surface area (Å²) in [5.74, 6) is 1.09. The molecule has 130 valence electrons. The van der Waals surface area contributed by atoms with Gasteiger partial charge in [-0.1, -0.05) is 23.9 Å². The molecule has 0 saturated heterocycles. The Morgan fingerprint density at radius 1 is 1.32 bits per heavy atom.